The van der Waals surface area contributed by atoms with Crippen molar-refractivity contribution < 1.29 is 24.2 Å². The Morgan fingerprint density at radius 3 is 1.23 bits per heavy atom. The summed E-state index contributed by atoms with van der Waals surface area (Å²) < 4.78 is 10.5. The molecule has 0 saturated carbocycles. The Morgan fingerprint density at radius 1 is 0.462 bits per heavy atom. The van der Waals surface area contributed by atoms with Crippen LogP contribution >= 0.6 is 0 Å². The fraction of sp³-hybridized carbons (Fsp3) is 0.574. The molecule has 0 aromatic rings. The van der Waals surface area contributed by atoms with Gasteiger partial charge < -0.3 is 14.6 Å². The number of carbonyl (C=O) groups is 2. The van der Waals surface area contributed by atoms with Gasteiger partial charge in [-0.3, -0.25) is 9.59 Å². The van der Waals surface area contributed by atoms with Gasteiger partial charge in [-0.25, -0.2) is 0 Å². The van der Waals surface area contributed by atoms with Gasteiger partial charge in [0.2, 0.25) is 0 Å². The average molecular weight is 719 g/mol. The highest BCUT2D eigenvalue weighted by Crippen LogP contribution is 2.11. The molecule has 0 amide bonds. The first kappa shape index (κ1) is 48.6. The monoisotopic (exact) mass is 719 g/mol. The lowest BCUT2D eigenvalue weighted by Gasteiger charge is -2.15. The van der Waals surface area contributed by atoms with Gasteiger partial charge in [0.1, 0.15) is 6.61 Å². The van der Waals surface area contributed by atoms with Crippen molar-refractivity contribution in [3.8, 4) is 0 Å². The van der Waals surface area contributed by atoms with Crippen LogP contribution in [0.25, 0.3) is 0 Å². The van der Waals surface area contributed by atoms with Crippen molar-refractivity contribution in [2.24, 2.45) is 0 Å². The minimum Gasteiger partial charge on any atom is -0.462 e. The van der Waals surface area contributed by atoms with Gasteiger partial charge in [0.15, 0.2) is 6.10 Å². The first-order chi connectivity index (χ1) is 25.6. The first-order valence-corrected chi connectivity index (χ1v) is 20.4. The summed E-state index contributed by atoms with van der Waals surface area (Å²) in [5.74, 6) is -0.674. The van der Waals surface area contributed by atoms with Crippen LogP contribution in [0.15, 0.2) is 109 Å². The summed E-state index contributed by atoms with van der Waals surface area (Å²) in [5, 5.41) is 9.52. The molecular formula is C47H74O5. The van der Waals surface area contributed by atoms with Crippen molar-refractivity contribution in [1.82, 2.24) is 0 Å². The van der Waals surface area contributed by atoms with Crippen LogP contribution in [-0.2, 0) is 19.1 Å². The third-order valence-corrected chi connectivity index (χ3v) is 8.08. The molecule has 0 aliphatic heterocycles. The van der Waals surface area contributed by atoms with E-state index in [0.717, 1.165) is 83.5 Å². The number of unbranched alkanes of at least 4 members (excludes halogenated alkanes) is 9. The minimum absolute atomic E-state index is 0.0948. The van der Waals surface area contributed by atoms with Gasteiger partial charge >= 0.3 is 11.9 Å². The number of hydrogen-bond donors (Lipinski definition) is 1. The summed E-state index contributed by atoms with van der Waals surface area (Å²) in [5.41, 5.74) is 0. The Hall–Kier alpha value is -3.44. The maximum Gasteiger partial charge on any atom is 0.306 e. The van der Waals surface area contributed by atoms with Crippen LogP contribution in [-0.4, -0.2) is 36.4 Å². The lowest BCUT2D eigenvalue weighted by Crippen LogP contribution is -2.28. The highest BCUT2D eigenvalue weighted by Gasteiger charge is 2.15. The highest BCUT2D eigenvalue weighted by atomic mass is 16.6. The predicted octanol–water partition coefficient (Wildman–Crippen LogP) is 13.1. The molecular weight excluding hydrogens is 645 g/mol. The number of aliphatic hydroxyl groups is 1. The van der Waals surface area contributed by atoms with E-state index in [1.807, 2.05) is 0 Å². The van der Waals surface area contributed by atoms with Gasteiger partial charge in [-0.05, 0) is 77.0 Å². The molecule has 0 bridgehead atoms. The topological polar surface area (TPSA) is 72.8 Å². The van der Waals surface area contributed by atoms with Crippen LogP contribution < -0.4 is 0 Å². The van der Waals surface area contributed by atoms with Crippen LogP contribution in [0, 0.1) is 0 Å². The van der Waals surface area contributed by atoms with Crippen LogP contribution in [0.4, 0.5) is 0 Å². The Labute approximate surface area is 319 Å². The quantitative estimate of drug-likeness (QED) is 0.0401. The molecule has 1 atom stereocenters. The molecule has 0 aliphatic rings. The fourth-order valence-corrected chi connectivity index (χ4v) is 5.02. The van der Waals surface area contributed by atoms with Crippen molar-refractivity contribution in [2.45, 2.75) is 161 Å². The molecule has 5 nitrogen and oxygen atoms in total. The zero-order valence-electron chi connectivity index (χ0n) is 33.0. The summed E-state index contributed by atoms with van der Waals surface area (Å²) >= 11 is 0. The minimum atomic E-state index is -0.806. The van der Waals surface area contributed by atoms with Crippen LogP contribution in [0.3, 0.4) is 0 Å². The number of hydrogen-bond acceptors (Lipinski definition) is 5. The van der Waals surface area contributed by atoms with Crippen molar-refractivity contribution in [3.05, 3.63) is 109 Å². The van der Waals surface area contributed by atoms with Gasteiger partial charge in [0, 0.05) is 12.8 Å². The molecule has 0 heterocycles. The number of aliphatic hydroxyl groups excluding tert-OH is 1. The Bertz CT molecular complexity index is 1090. The smallest absolute Gasteiger partial charge is 0.306 e. The molecule has 52 heavy (non-hydrogen) atoms. The van der Waals surface area contributed by atoms with E-state index in [9.17, 15) is 14.7 Å². The molecule has 1 N–H and O–H groups in total. The zero-order chi connectivity index (χ0) is 37.8. The van der Waals surface area contributed by atoms with Crippen molar-refractivity contribution in [3.63, 3.8) is 0 Å². The third kappa shape index (κ3) is 39.3. The molecule has 0 aromatic heterocycles. The van der Waals surface area contributed by atoms with E-state index in [-0.39, 0.29) is 31.6 Å². The highest BCUT2D eigenvalue weighted by molar-refractivity contribution is 5.70. The zero-order valence-corrected chi connectivity index (χ0v) is 33.0. The maximum absolute atomic E-state index is 12.1. The number of rotatable bonds is 35. The lowest BCUT2D eigenvalue weighted by molar-refractivity contribution is -0.161. The maximum atomic E-state index is 12.1. The molecule has 0 rings (SSSR count). The van der Waals surface area contributed by atoms with Crippen LogP contribution in [0.1, 0.15) is 155 Å². The second-order valence-corrected chi connectivity index (χ2v) is 13.0. The molecule has 0 radical (unpaired) electrons. The SMILES string of the molecule is CC/C=C\C/C=C\C/C=C\C/C=C\C/C=C\C/C=C\C/C=C\C/C=C\C/C=C\CCCC(=O)OC(CO)COC(=O)CCCCCCCCCCC. The van der Waals surface area contributed by atoms with Gasteiger partial charge in [-0.15, -0.1) is 0 Å². The van der Waals surface area contributed by atoms with E-state index in [0.29, 0.717) is 12.8 Å². The Kier molecular flexibility index (Phi) is 39.2. The van der Waals surface area contributed by atoms with Crippen LogP contribution in [0.5, 0.6) is 0 Å². The predicted molar refractivity (Wildman–Crippen MR) is 223 cm³/mol. The summed E-state index contributed by atoms with van der Waals surface area (Å²) in [6.45, 7) is 3.93. The fourth-order valence-electron chi connectivity index (χ4n) is 5.02. The summed E-state index contributed by atoms with van der Waals surface area (Å²) in [7, 11) is 0. The molecule has 0 aliphatic carbocycles. The van der Waals surface area contributed by atoms with Gasteiger partial charge in [0.25, 0.3) is 0 Å². The van der Waals surface area contributed by atoms with Gasteiger partial charge in [-0.2, -0.15) is 0 Å². The average Bonchev–Trinajstić information content (AvgIpc) is 3.15. The second-order valence-electron chi connectivity index (χ2n) is 13.0. The largest absolute Gasteiger partial charge is 0.462 e. The normalized spacial score (nSPS) is 13.4. The molecule has 0 saturated heterocycles. The number of carbonyl (C=O) groups excluding carboxylic acids is 2. The third-order valence-electron chi connectivity index (χ3n) is 8.08. The summed E-state index contributed by atoms with van der Waals surface area (Å²) in [6.07, 6.45) is 60.2. The number of allylic oxidation sites excluding steroid dienone is 18. The van der Waals surface area contributed by atoms with Crippen molar-refractivity contribution in [2.75, 3.05) is 13.2 Å². The van der Waals surface area contributed by atoms with Gasteiger partial charge in [-0.1, -0.05) is 175 Å². The lowest BCUT2D eigenvalue weighted by atomic mass is 10.1. The molecule has 0 aromatic carbocycles. The van der Waals surface area contributed by atoms with E-state index in [1.165, 1.54) is 38.5 Å². The summed E-state index contributed by atoms with van der Waals surface area (Å²) in [6, 6.07) is 0. The number of esters is 2. The number of ether oxygens (including phenoxy) is 2. The molecule has 1 unspecified atom stereocenters. The Balaban J connectivity index is 3.75. The van der Waals surface area contributed by atoms with Crippen molar-refractivity contribution >= 4 is 11.9 Å². The van der Waals surface area contributed by atoms with E-state index < -0.39 is 6.10 Å². The van der Waals surface area contributed by atoms with E-state index >= 15 is 0 Å². The molecule has 5 heteroatoms. The summed E-state index contributed by atoms with van der Waals surface area (Å²) in [4.78, 5) is 24.1. The Morgan fingerprint density at radius 2 is 0.827 bits per heavy atom. The molecule has 0 fully saturated rings. The molecule has 292 valence electrons. The van der Waals surface area contributed by atoms with Gasteiger partial charge in [0.05, 0.1) is 6.61 Å². The van der Waals surface area contributed by atoms with Crippen LogP contribution in [0.2, 0.25) is 0 Å². The second kappa shape index (κ2) is 42.0. The first-order valence-electron chi connectivity index (χ1n) is 20.4. The van der Waals surface area contributed by atoms with E-state index in [4.69, 9.17) is 9.47 Å². The standard InChI is InChI=1S/C47H74O5/c1-3-5-7-9-11-13-14-15-16-17-18-19-20-21-22-23-24-25-26-27-28-29-30-31-32-34-36-38-40-42-47(50)52-45(43-48)44-51-46(49)41-39-37-35-33-12-10-8-6-4-2/h5,7,11,13,15-16,18-19,21-22,24-25,27-28,30-31,34,36,45,48H,3-4,6,8-10,12,14,17,20,23,26,29,32-33,35,37-44H2,1-2H3/b7-5-,13-11-,16-15-,19-18-,22-21-,25-24-,28-27-,31-30-,36-34-. The van der Waals surface area contributed by atoms with E-state index in [2.05, 4.69) is 123 Å². The van der Waals surface area contributed by atoms with E-state index in [1.54, 1.807) is 0 Å². The molecule has 0 spiro atoms. The van der Waals surface area contributed by atoms with Crippen molar-refractivity contribution in [1.29, 1.82) is 0 Å².